The summed E-state index contributed by atoms with van der Waals surface area (Å²) in [6.45, 7) is 4.14. The molecule has 0 heterocycles. The van der Waals surface area contributed by atoms with Crippen LogP contribution in [0.3, 0.4) is 0 Å². The standard InChI is InChI=1S/C23H21F2N2O3.Rb/c1-12-14-8-9-15(12)21(20(14)23(29)26-13-6-4-3-5-7-13)27-22(28)16-10-17(24)18(25)11-19(16)30-2;/h3-4,6-7,10-11,14-15,20-21H,1,8-9H2,2H3,(H,26,29)(H,27,28);/q-1;+1. The molecule has 0 aliphatic heterocycles. The van der Waals surface area contributed by atoms with E-state index in [1.807, 2.05) is 0 Å². The summed E-state index contributed by atoms with van der Waals surface area (Å²) in [4.78, 5) is 26.0. The van der Waals surface area contributed by atoms with Gasteiger partial charge in [-0.3, -0.25) is 9.59 Å². The molecule has 2 aromatic carbocycles. The number of carbonyl (C=O) groups is 2. The van der Waals surface area contributed by atoms with Crippen LogP contribution in [0.15, 0.2) is 48.6 Å². The first kappa shape index (κ1) is 24.2. The van der Waals surface area contributed by atoms with E-state index >= 15 is 0 Å². The zero-order chi connectivity index (χ0) is 21.4. The number of fused-ring (bicyclic) bond motifs is 2. The molecule has 8 heteroatoms. The zero-order valence-corrected chi connectivity index (χ0v) is 22.3. The fourth-order valence-electron chi connectivity index (χ4n) is 4.66. The molecule has 4 atom stereocenters. The van der Waals surface area contributed by atoms with Crippen molar-refractivity contribution in [3.8, 4) is 5.75 Å². The van der Waals surface area contributed by atoms with Crippen LogP contribution in [0.4, 0.5) is 14.5 Å². The largest absolute Gasteiger partial charge is 1.00 e. The normalized spacial score (nSPS) is 23.8. The van der Waals surface area contributed by atoms with Crippen molar-refractivity contribution in [2.24, 2.45) is 17.8 Å². The van der Waals surface area contributed by atoms with Gasteiger partial charge in [0.25, 0.3) is 5.91 Å². The van der Waals surface area contributed by atoms with Crippen molar-refractivity contribution in [3.63, 3.8) is 0 Å². The molecule has 2 aromatic rings. The number of hydrogen-bond acceptors (Lipinski definition) is 3. The van der Waals surface area contributed by atoms with E-state index in [-0.39, 0.29) is 87.2 Å². The van der Waals surface area contributed by atoms with Crippen molar-refractivity contribution in [2.75, 3.05) is 12.4 Å². The van der Waals surface area contributed by atoms with Crippen LogP contribution in [0.1, 0.15) is 23.2 Å². The summed E-state index contributed by atoms with van der Waals surface area (Å²) in [5.74, 6) is -3.76. The van der Waals surface area contributed by atoms with Crippen LogP contribution in [0.25, 0.3) is 0 Å². The molecule has 2 saturated carbocycles. The van der Waals surface area contributed by atoms with Gasteiger partial charge in [-0.2, -0.15) is 24.3 Å². The summed E-state index contributed by atoms with van der Waals surface area (Å²) < 4.78 is 32.3. The van der Waals surface area contributed by atoms with Crippen LogP contribution in [0.2, 0.25) is 0 Å². The van der Waals surface area contributed by atoms with Crippen LogP contribution in [0.5, 0.6) is 5.75 Å². The van der Waals surface area contributed by atoms with Crippen molar-refractivity contribution in [2.45, 2.75) is 18.9 Å². The molecule has 0 saturated heterocycles. The molecular formula is C23H21F2N2O3Rb. The van der Waals surface area contributed by atoms with Gasteiger partial charge in [-0.05, 0) is 24.8 Å². The van der Waals surface area contributed by atoms with Gasteiger partial charge in [-0.15, -0.1) is 6.07 Å². The maximum absolute atomic E-state index is 13.7. The Bertz CT molecular complexity index is 1020. The van der Waals surface area contributed by atoms with Gasteiger partial charge < -0.3 is 15.4 Å². The van der Waals surface area contributed by atoms with Gasteiger partial charge >= 0.3 is 58.2 Å². The minimum atomic E-state index is -1.15. The number of benzene rings is 2. The summed E-state index contributed by atoms with van der Waals surface area (Å²) in [5.41, 5.74) is 1.43. The molecule has 2 N–H and O–H groups in total. The van der Waals surface area contributed by atoms with E-state index in [4.69, 9.17) is 4.74 Å². The third-order valence-corrected chi connectivity index (χ3v) is 6.06. The van der Waals surface area contributed by atoms with Crippen LogP contribution in [-0.2, 0) is 4.79 Å². The Morgan fingerprint density at radius 2 is 1.90 bits per heavy atom. The maximum Gasteiger partial charge on any atom is 1.00 e. The second-order valence-electron chi connectivity index (χ2n) is 7.64. The number of nitrogens with one attached hydrogen (secondary N) is 2. The fourth-order valence-corrected chi connectivity index (χ4v) is 4.66. The molecule has 2 bridgehead atoms. The summed E-state index contributed by atoms with van der Waals surface area (Å²) >= 11 is 0. The summed E-state index contributed by atoms with van der Waals surface area (Å²) in [6.07, 6.45) is 1.63. The Balaban J connectivity index is 0.00000272. The number of hydrogen-bond donors (Lipinski definition) is 2. The summed E-state index contributed by atoms with van der Waals surface area (Å²) in [6, 6.07) is 11.0. The quantitative estimate of drug-likeness (QED) is 0.474. The van der Waals surface area contributed by atoms with Crippen molar-refractivity contribution in [1.82, 2.24) is 5.32 Å². The molecule has 4 rings (SSSR count). The Hall–Kier alpha value is -1.41. The van der Waals surface area contributed by atoms with Crippen LogP contribution in [-0.4, -0.2) is 25.0 Å². The van der Waals surface area contributed by atoms with Crippen LogP contribution >= 0.6 is 0 Å². The van der Waals surface area contributed by atoms with E-state index in [9.17, 15) is 18.4 Å². The van der Waals surface area contributed by atoms with Crippen molar-refractivity contribution in [3.05, 3.63) is 71.8 Å². The molecular weight excluding hydrogens is 476 g/mol. The number of amides is 2. The van der Waals surface area contributed by atoms with Gasteiger partial charge in [0.1, 0.15) is 5.75 Å². The predicted octanol–water partition coefficient (Wildman–Crippen LogP) is 0.727. The number of ether oxygens (including phenoxy) is 1. The number of rotatable bonds is 5. The Morgan fingerprint density at radius 1 is 1.19 bits per heavy atom. The smallest absolute Gasteiger partial charge is 0.496 e. The van der Waals surface area contributed by atoms with Gasteiger partial charge in [0.15, 0.2) is 11.6 Å². The third kappa shape index (κ3) is 4.70. The molecule has 2 amide bonds. The van der Waals surface area contributed by atoms with Crippen molar-refractivity contribution >= 4 is 17.5 Å². The van der Waals surface area contributed by atoms with E-state index in [1.165, 1.54) is 7.11 Å². The summed E-state index contributed by atoms with van der Waals surface area (Å²) in [7, 11) is 1.27. The molecule has 4 unspecified atom stereocenters. The second-order valence-corrected chi connectivity index (χ2v) is 7.64. The number of anilines is 1. The topological polar surface area (TPSA) is 67.4 Å². The van der Waals surface area contributed by atoms with Crippen molar-refractivity contribution < 1.29 is 81.3 Å². The molecule has 0 spiro atoms. The molecule has 2 fully saturated rings. The van der Waals surface area contributed by atoms with E-state index < -0.39 is 29.5 Å². The number of methoxy groups -OCH3 is 1. The van der Waals surface area contributed by atoms with Gasteiger partial charge in [0, 0.05) is 18.0 Å². The Kier molecular flexibility index (Phi) is 7.83. The zero-order valence-electron chi connectivity index (χ0n) is 17.4. The van der Waals surface area contributed by atoms with E-state index in [0.29, 0.717) is 5.69 Å². The Labute approximate surface area is 228 Å². The average Bonchev–Trinajstić information content (AvgIpc) is 3.22. The Morgan fingerprint density at radius 3 is 2.58 bits per heavy atom. The van der Waals surface area contributed by atoms with Gasteiger partial charge in [0.05, 0.1) is 18.6 Å². The van der Waals surface area contributed by atoms with E-state index in [0.717, 1.165) is 30.5 Å². The molecule has 31 heavy (non-hydrogen) atoms. The van der Waals surface area contributed by atoms with E-state index in [2.05, 4.69) is 23.3 Å². The van der Waals surface area contributed by atoms with Gasteiger partial charge in [-0.1, -0.05) is 17.8 Å². The first-order valence-electron chi connectivity index (χ1n) is 9.70. The minimum Gasteiger partial charge on any atom is -0.496 e. The summed E-state index contributed by atoms with van der Waals surface area (Å²) in [5, 5.41) is 5.73. The molecule has 2 aliphatic rings. The molecule has 156 valence electrons. The predicted molar refractivity (Wildman–Crippen MR) is 107 cm³/mol. The molecule has 0 radical (unpaired) electrons. The van der Waals surface area contributed by atoms with E-state index in [1.54, 1.807) is 24.3 Å². The first-order valence-corrected chi connectivity index (χ1v) is 9.70. The van der Waals surface area contributed by atoms with Crippen LogP contribution < -0.4 is 73.6 Å². The number of carbonyl (C=O) groups excluding carboxylic acids is 2. The average molecular weight is 497 g/mol. The minimum absolute atomic E-state index is 0. The van der Waals surface area contributed by atoms with Crippen molar-refractivity contribution in [1.29, 1.82) is 0 Å². The van der Waals surface area contributed by atoms with Gasteiger partial charge in [0.2, 0.25) is 5.91 Å². The second kappa shape index (κ2) is 10.0. The fraction of sp³-hybridized carbons (Fsp3) is 0.304. The van der Waals surface area contributed by atoms with Gasteiger partial charge in [-0.25, -0.2) is 8.78 Å². The monoisotopic (exact) mass is 496 g/mol. The first-order chi connectivity index (χ1) is 14.4. The number of halogens is 2. The molecule has 2 aliphatic carbocycles. The SMILES string of the molecule is C=C1C2CCC1C(C(=O)Nc1c[c-]ccc1)C2NC(=O)c1cc(F)c(F)cc1OC.[Rb+]. The molecule has 0 aromatic heterocycles. The third-order valence-electron chi connectivity index (χ3n) is 6.06. The van der Waals surface area contributed by atoms with Crippen LogP contribution in [0, 0.1) is 35.5 Å². The maximum atomic E-state index is 13.7. The molecule has 5 nitrogen and oxygen atoms in total.